The SMILES string of the molecule is Cc1ccccc1Oc1ncc(CCl)cc1Cl. The van der Waals surface area contributed by atoms with E-state index in [0.717, 1.165) is 16.9 Å². The summed E-state index contributed by atoms with van der Waals surface area (Å²) in [6.45, 7) is 1.97. The molecule has 0 saturated carbocycles. The molecule has 4 heteroatoms. The fourth-order valence-corrected chi connectivity index (χ4v) is 1.76. The van der Waals surface area contributed by atoms with Gasteiger partial charge in [-0.2, -0.15) is 0 Å². The molecule has 0 saturated heterocycles. The molecular formula is C13H11Cl2NO. The average molecular weight is 268 g/mol. The third-order valence-corrected chi connectivity index (χ3v) is 2.90. The predicted molar refractivity (Wildman–Crippen MR) is 70.1 cm³/mol. The van der Waals surface area contributed by atoms with E-state index < -0.39 is 0 Å². The first-order valence-corrected chi connectivity index (χ1v) is 6.06. The highest BCUT2D eigenvalue weighted by molar-refractivity contribution is 6.32. The highest BCUT2D eigenvalue weighted by atomic mass is 35.5. The van der Waals surface area contributed by atoms with Crippen LogP contribution in [0.15, 0.2) is 36.5 Å². The molecule has 0 atom stereocenters. The second-order valence-corrected chi connectivity index (χ2v) is 4.31. The third kappa shape index (κ3) is 2.90. The third-order valence-electron chi connectivity index (χ3n) is 2.32. The van der Waals surface area contributed by atoms with Gasteiger partial charge in [-0.1, -0.05) is 29.8 Å². The number of pyridine rings is 1. The first kappa shape index (κ1) is 12.2. The molecule has 0 bridgehead atoms. The Labute approximate surface area is 110 Å². The molecule has 1 heterocycles. The molecule has 0 radical (unpaired) electrons. The van der Waals surface area contributed by atoms with Crippen LogP contribution < -0.4 is 4.74 Å². The summed E-state index contributed by atoms with van der Waals surface area (Å²) in [5.41, 5.74) is 1.90. The number of nitrogens with zero attached hydrogens (tertiary/aromatic N) is 1. The van der Waals surface area contributed by atoms with Crippen molar-refractivity contribution < 1.29 is 4.74 Å². The Hall–Kier alpha value is -1.25. The second-order valence-electron chi connectivity index (χ2n) is 3.63. The van der Waals surface area contributed by atoms with Crippen LogP contribution in [0.3, 0.4) is 0 Å². The predicted octanol–water partition coefficient (Wildman–Crippen LogP) is 4.57. The van der Waals surface area contributed by atoms with Crippen molar-refractivity contribution >= 4 is 23.2 Å². The quantitative estimate of drug-likeness (QED) is 0.760. The molecule has 2 rings (SSSR count). The summed E-state index contributed by atoms with van der Waals surface area (Å²) in [4.78, 5) is 4.15. The van der Waals surface area contributed by atoms with Crippen molar-refractivity contribution in [3.05, 3.63) is 52.7 Å². The number of halogens is 2. The maximum Gasteiger partial charge on any atom is 0.238 e. The smallest absolute Gasteiger partial charge is 0.238 e. The van der Waals surface area contributed by atoms with Gasteiger partial charge in [0.05, 0.1) is 0 Å². The van der Waals surface area contributed by atoms with E-state index in [9.17, 15) is 0 Å². The van der Waals surface area contributed by atoms with Gasteiger partial charge in [-0.3, -0.25) is 0 Å². The molecule has 2 nitrogen and oxygen atoms in total. The normalized spacial score (nSPS) is 10.3. The molecule has 0 N–H and O–H groups in total. The maximum atomic E-state index is 6.06. The Bertz CT molecular complexity index is 529. The average Bonchev–Trinajstić information content (AvgIpc) is 2.34. The van der Waals surface area contributed by atoms with Gasteiger partial charge in [-0.05, 0) is 30.2 Å². The minimum absolute atomic E-state index is 0.386. The summed E-state index contributed by atoms with van der Waals surface area (Å²) in [7, 11) is 0. The fraction of sp³-hybridized carbons (Fsp3) is 0.154. The highest BCUT2D eigenvalue weighted by Crippen LogP contribution is 2.29. The van der Waals surface area contributed by atoms with Crippen LogP contribution in [0.1, 0.15) is 11.1 Å². The van der Waals surface area contributed by atoms with Crippen molar-refractivity contribution in [2.45, 2.75) is 12.8 Å². The summed E-state index contributed by atoms with van der Waals surface area (Å²) in [5.74, 6) is 1.53. The molecule has 88 valence electrons. The van der Waals surface area contributed by atoms with Crippen LogP contribution in [0, 0.1) is 6.92 Å². The standard InChI is InChI=1S/C13H11Cl2NO/c1-9-4-2-3-5-12(9)17-13-11(15)6-10(7-14)8-16-13/h2-6,8H,7H2,1H3. The number of aromatic nitrogens is 1. The summed E-state index contributed by atoms with van der Waals surface area (Å²) < 4.78 is 5.65. The van der Waals surface area contributed by atoms with Gasteiger partial charge in [0, 0.05) is 12.1 Å². The Kier molecular flexibility index (Phi) is 3.87. The molecule has 1 aromatic heterocycles. The summed E-state index contributed by atoms with van der Waals surface area (Å²) in [6.07, 6.45) is 1.66. The van der Waals surface area contributed by atoms with Gasteiger partial charge in [-0.15, -0.1) is 11.6 Å². The molecule has 0 aliphatic rings. The van der Waals surface area contributed by atoms with Crippen LogP contribution in [-0.2, 0) is 5.88 Å². The number of para-hydroxylation sites is 1. The van der Waals surface area contributed by atoms with Crippen molar-refractivity contribution in [3.63, 3.8) is 0 Å². The van der Waals surface area contributed by atoms with E-state index in [2.05, 4.69) is 4.98 Å². The lowest BCUT2D eigenvalue weighted by atomic mass is 10.2. The van der Waals surface area contributed by atoms with Crippen LogP contribution in [0.4, 0.5) is 0 Å². The van der Waals surface area contributed by atoms with Crippen LogP contribution in [0.2, 0.25) is 5.02 Å². The summed E-state index contributed by atoms with van der Waals surface area (Å²) in [6, 6.07) is 9.46. The number of alkyl halides is 1. The van der Waals surface area contributed by atoms with E-state index in [1.54, 1.807) is 12.3 Å². The number of hydrogen-bond donors (Lipinski definition) is 0. The first-order chi connectivity index (χ1) is 8.20. The summed E-state index contributed by atoms with van der Waals surface area (Å²) in [5, 5.41) is 0.464. The molecule has 0 aliphatic carbocycles. The molecular weight excluding hydrogens is 257 g/mol. The topological polar surface area (TPSA) is 22.1 Å². The highest BCUT2D eigenvalue weighted by Gasteiger charge is 2.07. The van der Waals surface area contributed by atoms with E-state index in [4.69, 9.17) is 27.9 Å². The fourth-order valence-electron chi connectivity index (χ4n) is 1.39. The zero-order valence-corrected chi connectivity index (χ0v) is 10.8. The van der Waals surface area contributed by atoms with Gasteiger partial charge in [0.25, 0.3) is 0 Å². The minimum atomic E-state index is 0.386. The van der Waals surface area contributed by atoms with Gasteiger partial charge in [0.1, 0.15) is 10.8 Å². The number of benzene rings is 1. The van der Waals surface area contributed by atoms with Gasteiger partial charge < -0.3 is 4.74 Å². The van der Waals surface area contributed by atoms with Crippen LogP contribution in [-0.4, -0.2) is 4.98 Å². The Balaban J connectivity index is 2.28. The van der Waals surface area contributed by atoms with E-state index in [-0.39, 0.29) is 0 Å². The number of rotatable bonds is 3. The minimum Gasteiger partial charge on any atom is -0.437 e. The van der Waals surface area contributed by atoms with Crippen LogP contribution in [0.25, 0.3) is 0 Å². The zero-order valence-electron chi connectivity index (χ0n) is 9.28. The van der Waals surface area contributed by atoms with Crippen molar-refractivity contribution in [1.82, 2.24) is 4.98 Å². The lowest BCUT2D eigenvalue weighted by Crippen LogP contribution is -1.92. The molecule has 0 unspecified atom stereocenters. The van der Waals surface area contributed by atoms with Gasteiger partial charge in [0.15, 0.2) is 0 Å². The Morgan fingerprint density at radius 2 is 2.06 bits per heavy atom. The monoisotopic (exact) mass is 267 g/mol. The van der Waals surface area contributed by atoms with Crippen molar-refractivity contribution in [2.24, 2.45) is 0 Å². The van der Waals surface area contributed by atoms with Crippen molar-refractivity contribution in [3.8, 4) is 11.6 Å². The van der Waals surface area contributed by atoms with Crippen molar-refractivity contribution in [2.75, 3.05) is 0 Å². The largest absolute Gasteiger partial charge is 0.437 e. The molecule has 2 aromatic rings. The van der Waals surface area contributed by atoms with Crippen LogP contribution >= 0.6 is 23.2 Å². The maximum absolute atomic E-state index is 6.06. The lowest BCUT2D eigenvalue weighted by Gasteiger charge is -2.09. The zero-order chi connectivity index (χ0) is 12.3. The van der Waals surface area contributed by atoms with Crippen LogP contribution in [0.5, 0.6) is 11.6 Å². The van der Waals surface area contributed by atoms with E-state index in [1.807, 2.05) is 31.2 Å². The summed E-state index contributed by atoms with van der Waals surface area (Å²) >= 11 is 11.8. The molecule has 0 amide bonds. The van der Waals surface area contributed by atoms with Gasteiger partial charge in [-0.25, -0.2) is 4.98 Å². The number of ether oxygens (including phenoxy) is 1. The van der Waals surface area contributed by atoms with E-state index in [1.165, 1.54) is 0 Å². The van der Waals surface area contributed by atoms with Gasteiger partial charge in [0.2, 0.25) is 5.88 Å². The van der Waals surface area contributed by atoms with E-state index in [0.29, 0.717) is 16.8 Å². The molecule has 17 heavy (non-hydrogen) atoms. The first-order valence-electron chi connectivity index (χ1n) is 5.14. The molecule has 0 aliphatic heterocycles. The van der Waals surface area contributed by atoms with E-state index >= 15 is 0 Å². The molecule has 0 fully saturated rings. The van der Waals surface area contributed by atoms with Crippen molar-refractivity contribution in [1.29, 1.82) is 0 Å². The second kappa shape index (κ2) is 5.39. The van der Waals surface area contributed by atoms with Gasteiger partial charge >= 0.3 is 0 Å². The lowest BCUT2D eigenvalue weighted by molar-refractivity contribution is 0.459. The molecule has 0 spiro atoms. The molecule has 1 aromatic carbocycles. The number of hydrogen-bond acceptors (Lipinski definition) is 2. The Morgan fingerprint density at radius 3 is 2.71 bits per heavy atom. The Morgan fingerprint density at radius 1 is 1.29 bits per heavy atom. The number of aryl methyl sites for hydroxylation is 1.